The molecular weight excluding hydrogens is 269 g/mol. The molecule has 0 aliphatic rings. The predicted octanol–water partition coefficient (Wildman–Crippen LogP) is 4.50. The van der Waals surface area contributed by atoms with Crippen LogP contribution in [-0.2, 0) is 0 Å². The van der Waals surface area contributed by atoms with Crippen LogP contribution >= 0.6 is 11.8 Å². The number of rotatable bonds is 5. The number of halogens is 1. The fourth-order valence-corrected chi connectivity index (χ4v) is 3.08. The Bertz CT molecular complexity index is 566. The second kappa shape index (κ2) is 6.91. The molecular formula is C17H20FNS. The van der Waals surface area contributed by atoms with E-state index in [-0.39, 0.29) is 5.82 Å². The van der Waals surface area contributed by atoms with E-state index in [1.807, 2.05) is 19.2 Å². The molecule has 0 fully saturated rings. The Morgan fingerprint density at radius 1 is 1.05 bits per heavy atom. The topological polar surface area (TPSA) is 12.0 Å². The van der Waals surface area contributed by atoms with Crippen molar-refractivity contribution in [3.63, 3.8) is 0 Å². The third-order valence-corrected chi connectivity index (χ3v) is 4.62. The molecule has 1 atom stereocenters. The molecule has 1 unspecified atom stereocenters. The van der Waals surface area contributed by atoms with Crippen molar-refractivity contribution in [2.45, 2.75) is 24.8 Å². The Balaban J connectivity index is 2.05. The zero-order valence-electron chi connectivity index (χ0n) is 12.1. The van der Waals surface area contributed by atoms with E-state index >= 15 is 0 Å². The number of benzene rings is 2. The highest BCUT2D eigenvalue weighted by atomic mass is 32.2. The van der Waals surface area contributed by atoms with E-state index in [1.54, 1.807) is 11.8 Å². The summed E-state index contributed by atoms with van der Waals surface area (Å²) in [5.74, 6) is 0.735. The molecule has 2 rings (SSSR count). The molecule has 0 aliphatic carbocycles. The highest BCUT2D eigenvalue weighted by Crippen LogP contribution is 2.25. The molecule has 1 N–H and O–H groups in total. The van der Waals surface area contributed by atoms with Crippen molar-refractivity contribution in [1.29, 1.82) is 0 Å². The minimum absolute atomic E-state index is 0.186. The van der Waals surface area contributed by atoms with Gasteiger partial charge in [-0.2, -0.15) is 0 Å². The maximum absolute atomic E-state index is 12.9. The first-order valence-corrected chi connectivity index (χ1v) is 7.71. The molecule has 2 aromatic carbocycles. The van der Waals surface area contributed by atoms with Crippen LogP contribution in [0.3, 0.4) is 0 Å². The average Bonchev–Trinajstić information content (AvgIpc) is 2.45. The van der Waals surface area contributed by atoms with Crippen LogP contribution in [0.5, 0.6) is 0 Å². The summed E-state index contributed by atoms with van der Waals surface area (Å²) in [5.41, 5.74) is 3.93. The minimum atomic E-state index is -0.186. The lowest BCUT2D eigenvalue weighted by atomic mass is 10.0. The van der Waals surface area contributed by atoms with Gasteiger partial charge in [-0.3, -0.25) is 0 Å². The van der Waals surface area contributed by atoms with Crippen LogP contribution in [0, 0.1) is 19.7 Å². The molecule has 0 spiro atoms. The second-order valence-corrected chi connectivity index (χ2v) is 6.04. The molecule has 1 nitrogen and oxygen atoms in total. The van der Waals surface area contributed by atoms with Crippen molar-refractivity contribution < 1.29 is 4.39 Å². The Morgan fingerprint density at radius 3 is 2.35 bits per heavy atom. The van der Waals surface area contributed by atoms with Gasteiger partial charge in [-0.05, 0) is 61.9 Å². The summed E-state index contributed by atoms with van der Waals surface area (Å²) in [6, 6.07) is 13.5. The van der Waals surface area contributed by atoms with Gasteiger partial charge >= 0.3 is 0 Å². The van der Waals surface area contributed by atoms with E-state index in [9.17, 15) is 4.39 Å². The average molecular weight is 289 g/mol. The van der Waals surface area contributed by atoms with Gasteiger partial charge in [0, 0.05) is 16.7 Å². The predicted molar refractivity (Wildman–Crippen MR) is 84.8 cm³/mol. The molecule has 0 bridgehead atoms. The van der Waals surface area contributed by atoms with E-state index in [4.69, 9.17) is 0 Å². The summed E-state index contributed by atoms with van der Waals surface area (Å²) >= 11 is 1.74. The Morgan fingerprint density at radius 2 is 1.75 bits per heavy atom. The van der Waals surface area contributed by atoms with Crippen LogP contribution in [0.4, 0.5) is 4.39 Å². The lowest BCUT2D eigenvalue weighted by molar-refractivity contribution is 0.626. The number of hydrogen-bond donors (Lipinski definition) is 1. The van der Waals surface area contributed by atoms with E-state index in [1.165, 1.54) is 28.8 Å². The van der Waals surface area contributed by atoms with Gasteiger partial charge in [-0.25, -0.2) is 4.39 Å². The van der Waals surface area contributed by atoms with Crippen LogP contribution in [0.15, 0.2) is 47.4 Å². The van der Waals surface area contributed by atoms with Crippen LogP contribution in [0.1, 0.15) is 22.7 Å². The monoisotopic (exact) mass is 289 g/mol. The third kappa shape index (κ3) is 3.84. The molecule has 0 heterocycles. The van der Waals surface area contributed by atoms with Crippen molar-refractivity contribution in [2.24, 2.45) is 0 Å². The fourth-order valence-electron chi connectivity index (χ4n) is 2.04. The minimum Gasteiger partial charge on any atom is -0.312 e. The summed E-state index contributed by atoms with van der Waals surface area (Å²) in [6.45, 7) is 4.26. The third-order valence-electron chi connectivity index (χ3n) is 3.51. The smallest absolute Gasteiger partial charge is 0.123 e. The first-order chi connectivity index (χ1) is 9.60. The van der Waals surface area contributed by atoms with Crippen LogP contribution in [0.2, 0.25) is 0 Å². The van der Waals surface area contributed by atoms with Crippen LogP contribution < -0.4 is 5.32 Å². The Kier molecular flexibility index (Phi) is 5.21. The highest BCUT2D eigenvalue weighted by molar-refractivity contribution is 7.99. The number of thioether (sulfide) groups is 1. The van der Waals surface area contributed by atoms with Crippen LogP contribution in [-0.4, -0.2) is 12.8 Å². The van der Waals surface area contributed by atoms with Crippen molar-refractivity contribution in [1.82, 2.24) is 5.32 Å². The van der Waals surface area contributed by atoms with Gasteiger partial charge < -0.3 is 5.32 Å². The summed E-state index contributed by atoms with van der Waals surface area (Å²) in [6.07, 6.45) is 0. The molecule has 0 aliphatic heterocycles. The zero-order chi connectivity index (χ0) is 14.5. The van der Waals surface area contributed by atoms with Gasteiger partial charge in [0.1, 0.15) is 5.82 Å². The molecule has 20 heavy (non-hydrogen) atoms. The van der Waals surface area contributed by atoms with Crippen LogP contribution in [0.25, 0.3) is 0 Å². The molecule has 0 saturated heterocycles. The SMILES string of the molecule is CNC(CSc1ccc(F)cc1)c1ccc(C)c(C)c1. The fraction of sp³-hybridized carbons (Fsp3) is 0.294. The van der Waals surface area contributed by atoms with Crippen molar-refractivity contribution >= 4 is 11.8 Å². The van der Waals surface area contributed by atoms with Gasteiger partial charge in [-0.1, -0.05) is 18.2 Å². The lowest BCUT2D eigenvalue weighted by Gasteiger charge is -2.17. The number of nitrogens with one attached hydrogen (secondary N) is 1. The molecule has 0 radical (unpaired) electrons. The molecule has 106 valence electrons. The largest absolute Gasteiger partial charge is 0.312 e. The zero-order valence-corrected chi connectivity index (χ0v) is 12.9. The molecule has 0 aromatic heterocycles. The summed E-state index contributed by atoms with van der Waals surface area (Å²) in [5, 5.41) is 3.35. The first-order valence-electron chi connectivity index (χ1n) is 6.73. The molecule has 0 amide bonds. The maximum Gasteiger partial charge on any atom is 0.123 e. The number of hydrogen-bond acceptors (Lipinski definition) is 2. The van der Waals surface area contributed by atoms with Crippen molar-refractivity contribution in [2.75, 3.05) is 12.8 Å². The molecule has 2 aromatic rings. The quantitative estimate of drug-likeness (QED) is 0.814. The maximum atomic E-state index is 12.9. The number of aryl methyl sites for hydroxylation is 2. The van der Waals surface area contributed by atoms with E-state index in [2.05, 4.69) is 37.4 Å². The molecule has 0 saturated carbocycles. The van der Waals surface area contributed by atoms with E-state index < -0.39 is 0 Å². The lowest BCUT2D eigenvalue weighted by Crippen LogP contribution is -2.18. The van der Waals surface area contributed by atoms with Gasteiger partial charge in [0.15, 0.2) is 0 Å². The first kappa shape index (κ1) is 15.1. The molecule has 3 heteroatoms. The van der Waals surface area contributed by atoms with Gasteiger partial charge in [0.05, 0.1) is 0 Å². The van der Waals surface area contributed by atoms with E-state index in [0.717, 1.165) is 10.6 Å². The highest BCUT2D eigenvalue weighted by Gasteiger charge is 2.10. The summed E-state index contributed by atoms with van der Waals surface area (Å²) in [7, 11) is 1.98. The Hall–Kier alpha value is -1.32. The van der Waals surface area contributed by atoms with Gasteiger partial charge in [-0.15, -0.1) is 11.8 Å². The van der Waals surface area contributed by atoms with Crippen molar-refractivity contribution in [3.8, 4) is 0 Å². The van der Waals surface area contributed by atoms with E-state index in [0.29, 0.717) is 6.04 Å². The van der Waals surface area contributed by atoms with Gasteiger partial charge in [0.2, 0.25) is 0 Å². The summed E-state index contributed by atoms with van der Waals surface area (Å²) < 4.78 is 12.9. The standard InChI is InChI=1S/C17H20FNS/c1-12-4-5-14(10-13(12)2)17(19-3)11-20-16-8-6-15(18)7-9-16/h4-10,17,19H,11H2,1-3H3. The van der Waals surface area contributed by atoms with Crippen molar-refractivity contribution in [3.05, 3.63) is 65.0 Å². The second-order valence-electron chi connectivity index (χ2n) is 4.95. The summed E-state index contributed by atoms with van der Waals surface area (Å²) in [4.78, 5) is 1.09. The normalized spacial score (nSPS) is 12.4. The Labute approximate surface area is 124 Å². The van der Waals surface area contributed by atoms with Gasteiger partial charge in [0.25, 0.3) is 0 Å².